The third-order valence-corrected chi connectivity index (χ3v) is 3.82. The molecule has 100 valence electrons. The topological polar surface area (TPSA) is 35.2 Å². The van der Waals surface area contributed by atoms with E-state index >= 15 is 0 Å². The van der Waals surface area contributed by atoms with Gasteiger partial charge in [0.05, 0.1) is 6.61 Å². The van der Waals surface area contributed by atoms with E-state index < -0.39 is 0 Å². The van der Waals surface area contributed by atoms with E-state index in [4.69, 9.17) is 22.1 Å². The molecule has 0 saturated heterocycles. The molecule has 0 aliphatic rings. The second-order valence-electron chi connectivity index (χ2n) is 4.00. The Labute approximate surface area is 122 Å². The number of hydrogen-bond donors (Lipinski definition) is 1. The van der Waals surface area contributed by atoms with Crippen molar-refractivity contribution in [1.82, 2.24) is 0 Å². The molecule has 4 heteroatoms. The Morgan fingerprint density at radius 3 is 2.32 bits per heavy atom. The molecule has 0 aliphatic heterocycles. The fourth-order valence-electron chi connectivity index (χ4n) is 1.57. The Morgan fingerprint density at radius 2 is 1.68 bits per heavy atom. The Balaban J connectivity index is 1.72. The first-order valence-electron chi connectivity index (χ1n) is 6.08. The van der Waals surface area contributed by atoms with Gasteiger partial charge >= 0.3 is 0 Å². The van der Waals surface area contributed by atoms with E-state index in [9.17, 15) is 0 Å². The number of thioether (sulfide) groups is 1. The van der Waals surface area contributed by atoms with Crippen LogP contribution in [0.1, 0.15) is 5.56 Å². The second kappa shape index (κ2) is 7.43. The van der Waals surface area contributed by atoms with E-state index in [0.29, 0.717) is 13.2 Å². The van der Waals surface area contributed by atoms with Gasteiger partial charge in [0.1, 0.15) is 5.75 Å². The highest BCUT2D eigenvalue weighted by Gasteiger charge is 1.97. The van der Waals surface area contributed by atoms with Crippen LogP contribution in [0, 0.1) is 0 Å². The summed E-state index contributed by atoms with van der Waals surface area (Å²) in [6, 6.07) is 15.7. The molecule has 0 aromatic heterocycles. The lowest BCUT2D eigenvalue weighted by Gasteiger charge is -2.06. The molecule has 0 unspecified atom stereocenters. The van der Waals surface area contributed by atoms with Crippen molar-refractivity contribution in [3.8, 4) is 5.75 Å². The monoisotopic (exact) mass is 293 g/mol. The molecule has 2 nitrogen and oxygen atoms in total. The molecule has 0 bridgehead atoms. The molecule has 0 radical (unpaired) electrons. The van der Waals surface area contributed by atoms with Crippen LogP contribution in [0.25, 0.3) is 0 Å². The zero-order chi connectivity index (χ0) is 13.5. The van der Waals surface area contributed by atoms with Gasteiger partial charge in [0.25, 0.3) is 0 Å². The van der Waals surface area contributed by atoms with Crippen LogP contribution in [0.3, 0.4) is 0 Å². The standard InChI is InChI=1S/C15H16ClNOS/c16-13-3-7-15(8-4-13)19-10-9-18-14-5-1-12(11-17)2-6-14/h1-8H,9-11,17H2. The predicted octanol–water partition coefficient (Wildman–Crippen LogP) is 3.97. The summed E-state index contributed by atoms with van der Waals surface area (Å²) in [4.78, 5) is 1.20. The lowest BCUT2D eigenvalue weighted by Crippen LogP contribution is -2.01. The molecule has 0 fully saturated rings. The number of halogens is 1. The highest BCUT2D eigenvalue weighted by Crippen LogP contribution is 2.20. The summed E-state index contributed by atoms with van der Waals surface area (Å²) in [5, 5.41) is 0.764. The molecule has 0 atom stereocenters. The van der Waals surface area contributed by atoms with Crippen LogP contribution in [-0.2, 0) is 6.54 Å². The summed E-state index contributed by atoms with van der Waals surface area (Å²) >= 11 is 7.59. The highest BCUT2D eigenvalue weighted by molar-refractivity contribution is 7.99. The quantitative estimate of drug-likeness (QED) is 0.646. The lowest BCUT2D eigenvalue weighted by atomic mass is 10.2. The number of benzene rings is 2. The van der Waals surface area contributed by atoms with Crippen LogP contribution < -0.4 is 10.5 Å². The van der Waals surface area contributed by atoms with Crippen LogP contribution in [-0.4, -0.2) is 12.4 Å². The van der Waals surface area contributed by atoms with Gasteiger partial charge in [0.15, 0.2) is 0 Å². The van der Waals surface area contributed by atoms with Gasteiger partial charge in [-0.25, -0.2) is 0 Å². The van der Waals surface area contributed by atoms with Crippen molar-refractivity contribution in [2.75, 3.05) is 12.4 Å². The van der Waals surface area contributed by atoms with E-state index in [1.54, 1.807) is 11.8 Å². The highest BCUT2D eigenvalue weighted by atomic mass is 35.5. The molecule has 2 rings (SSSR count). The smallest absolute Gasteiger partial charge is 0.119 e. The van der Waals surface area contributed by atoms with Gasteiger partial charge in [-0.15, -0.1) is 11.8 Å². The predicted molar refractivity (Wildman–Crippen MR) is 82.0 cm³/mol. The number of rotatable bonds is 6. The van der Waals surface area contributed by atoms with Gasteiger partial charge in [-0.2, -0.15) is 0 Å². The van der Waals surface area contributed by atoms with Crippen molar-refractivity contribution in [1.29, 1.82) is 0 Å². The SMILES string of the molecule is NCc1ccc(OCCSc2ccc(Cl)cc2)cc1. The minimum atomic E-state index is 0.562. The third-order valence-electron chi connectivity index (χ3n) is 2.59. The summed E-state index contributed by atoms with van der Waals surface area (Å²) in [5.74, 6) is 1.79. The minimum Gasteiger partial charge on any atom is -0.493 e. The largest absolute Gasteiger partial charge is 0.493 e. The maximum absolute atomic E-state index is 5.83. The number of nitrogens with two attached hydrogens (primary N) is 1. The number of ether oxygens (including phenoxy) is 1. The molecule has 0 amide bonds. The Hall–Kier alpha value is -1.16. The van der Waals surface area contributed by atoms with Crippen molar-refractivity contribution in [2.24, 2.45) is 5.73 Å². The van der Waals surface area contributed by atoms with Crippen molar-refractivity contribution in [3.63, 3.8) is 0 Å². The molecule has 0 spiro atoms. The maximum Gasteiger partial charge on any atom is 0.119 e. The fourth-order valence-corrected chi connectivity index (χ4v) is 2.43. The van der Waals surface area contributed by atoms with Gasteiger partial charge < -0.3 is 10.5 Å². The first-order valence-corrected chi connectivity index (χ1v) is 7.44. The molecule has 2 N–H and O–H groups in total. The van der Waals surface area contributed by atoms with Gasteiger partial charge in [0, 0.05) is 22.2 Å². The Morgan fingerprint density at radius 1 is 1.00 bits per heavy atom. The molecule has 0 aliphatic carbocycles. The van der Waals surface area contributed by atoms with E-state index in [-0.39, 0.29) is 0 Å². The normalized spacial score (nSPS) is 10.4. The van der Waals surface area contributed by atoms with E-state index in [2.05, 4.69) is 0 Å². The summed E-state index contributed by atoms with van der Waals surface area (Å²) < 4.78 is 5.66. The Kier molecular flexibility index (Phi) is 5.58. The molecule has 2 aromatic carbocycles. The van der Waals surface area contributed by atoms with Crippen LogP contribution in [0.15, 0.2) is 53.4 Å². The zero-order valence-electron chi connectivity index (χ0n) is 10.5. The summed E-state index contributed by atoms with van der Waals surface area (Å²) in [6.07, 6.45) is 0. The number of hydrogen-bond acceptors (Lipinski definition) is 3. The van der Waals surface area contributed by atoms with Gasteiger partial charge in [-0.1, -0.05) is 23.7 Å². The van der Waals surface area contributed by atoms with Crippen LogP contribution >= 0.6 is 23.4 Å². The first-order chi connectivity index (χ1) is 9.28. The van der Waals surface area contributed by atoms with Crippen molar-refractivity contribution in [3.05, 3.63) is 59.1 Å². The molecular formula is C15H16ClNOS. The van der Waals surface area contributed by atoms with Gasteiger partial charge in [-0.3, -0.25) is 0 Å². The lowest BCUT2D eigenvalue weighted by molar-refractivity contribution is 0.344. The molecule has 19 heavy (non-hydrogen) atoms. The van der Waals surface area contributed by atoms with Crippen molar-refractivity contribution < 1.29 is 4.74 Å². The minimum absolute atomic E-state index is 0.562. The molecule has 0 heterocycles. The van der Waals surface area contributed by atoms with Crippen LogP contribution in [0.2, 0.25) is 5.02 Å². The zero-order valence-corrected chi connectivity index (χ0v) is 12.1. The van der Waals surface area contributed by atoms with Gasteiger partial charge in [-0.05, 0) is 42.0 Å². The first kappa shape index (κ1) is 14.3. The van der Waals surface area contributed by atoms with Crippen LogP contribution in [0.5, 0.6) is 5.75 Å². The van der Waals surface area contributed by atoms with Gasteiger partial charge in [0.2, 0.25) is 0 Å². The molecule has 2 aromatic rings. The van der Waals surface area contributed by atoms with E-state index in [1.807, 2.05) is 48.5 Å². The second-order valence-corrected chi connectivity index (χ2v) is 5.60. The third kappa shape index (κ3) is 4.78. The molecular weight excluding hydrogens is 278 g/mol. The van der Waals surface area contributed by atoms with Crippen molar-refractivity contribution >= 4 is 23.4 Å². The average molecular weight is 294 g/mol. The van der Waals surface area contributed by atoms with Crippen molar-refractivity contribution in [2.45, 2.75) is 11.4 Å². The average Bonchev–Trinajstić information content (AvgIpc) is 2.46. The summed E-state index contributed by atoms with van der Waals surface area (Å²) in [5.41, 5.74) is 6.66. The van der Waals surface area contributed by atoms with E-state index in [1.165, 1.54) is 4.90 Å². The summed E-state index contributed by atoms with van der Waals surface area (Å²) in [6.45, 7) is 1.24. The molecule has 0 saturated carbocycles. The maximum atomic E-state index is 5.83. The van der Waals surface area contributed by atoms with Crippen LogP contribution in [0.4, 0.5) is 0 Å². The summed E-state index contributed by atoms with van der Waals surface area (Å²) in [7, 11) is 0. The Bertz CT molecular complexity index is 499. The fraction of sp³-hybridized carbons (Fsp3) is 0.200. The van der Waals surface area contributed by atoms with E-state index in [0.717, 1.165) is 22.1 Å².